The molecule has 3 heterocycles. The molecule has 182 valence electrons. The summed E-state index contributed by atoms with van der Waals surface area (Å²) in [6.45, 7) is 0.338. The van der Waals surface area contributed by atoms with Gasteiger partial charge in [0, 0.05) is 25.4 Å². The summed E-state index contributed by atoms with van der Waals surface area (Å²) in [6.07, 6.45) is 0.483. The van der Waals surface area contributed by atoms with Gasteiger partial charge in [0.15, 0.2) is 23.1 Å². The van der Waals surface area contributed by atoms with Crippen LogP contribution in [0.4, 0.5) is 19.4 Å². The molecule has 1 aliphatic rings. The number of likely N-dealkylation sites (tertiary alicyclic amines) is 1. The minimum atomic E-state index is -1.10. The van der Waals surface area contributed by atoms with Crippen molar-refractivity contribution < 1.29 is 33.0 Å². The highest BCUT2D eigenvalue weighted by Crippen LogP contribution is 2.33. The largest absolute Gasteiger partial charge is 0.493 e. The predicted octanol–water partition coefficient (Wildman–Crippen LogP) is 1.73. The van der Waals surface area contributed by atoms with Crippen molar-refractivity contribution in [3.63, 3.8) is 0 Å². The summed E-state index contributed by atoms with van der Waals surface area (Å²) in [5.41, 5.74) is 11.1. The van der Waals surface area contributed by atoms with Gasteiger partial charge in [-0.25, -0.2) is 18.6 Å². The second-order valence-corrected chi connectivity index (χ2v) is 7.64. The highest BCUT2D eigenvalue weighted by molar-refractivity contribution is 6.08. The van der Waals surface area contributed by atoms with Gasteiger partial charge in [-0.05, 0) is 12.3 Å². The van der Waals surface area contributed by atoms with Crippen LogP contribution in [0.3, 0.4) is 0 Å². The minimum Gasteiger partial charge on any atom is -0.493 e. The van der Waals surface area contributed by atoms with E-state index in [9.17, 15) is 23.5 Å². The summed E-state index contributed by atoms with van der Waals surface area (Å²) in [6, 6.07) is 0.587. The molecule has 5 N–H and O–H groups in total. The number of amides is 2. The van der Waals surface area contributed by atoms with Gasteiger partial charge < -0.3 is 30.9 Å². The first-order valence-electron chi connectivity index (χ1n) is 10.2. The first kappa shape index (κ1) is 23.6. The molecule has 1 atom stereocenters. The Morgan fingerprint density at radius 3 is 2.40 bits per heavy atom. The normalized spacial score (nSPS) is 15.1. The topological polar surface area (TPSA) is 159 Å². The number of pyridine rings is 1. The van der Waals surface area contributed by atoms with Gasteiger partial charge in [0.25, 0.3) is 5.91 Å². The number of hydrogen-bond acceptors (Lipinski definition) is 7. The maximum atomic E-state index is 14.8. The van der Waals surface area contributed by atoms with Crippen molar-refractivity contribution in [1.82, 2.24) is 19.7 Å². The lowest BCUT2D eigenvalue weighted by molar-refractivity contribution is 0.100. The molecule has 0 saturated carbocycles. The molecule has 0 bridgehead atoms. The van der Waals surface area contributed by atoms with Gasteiger partial charge in [-0.15, -0.1) is 0 Å². The number of aromatic nitrogens is 3. The molecule has 1 aliphatic heterocycles. The van der Waals surface area contributed by atoms with Crippen molar-refractivity contribution >= 4 is 28.7 Å². The summed E-state index contributed by atoms with van der Waals surface area (Å²) < 4.78 is 40.8. The van der Waals surface area contributed by atoms with Crippen molar-refractivity contribution in [3.8, 4) is 23.3 Å². The molecule has 11 nitrogen and oxygen atoms in total. The Bertz CT molecular complexity index is 1400. The summed E-state index contributed by atoms with van der Waals surface area (Å²) in [7, 11) is 2.42. The summed E-state index contributed by atoms with van der Waals surface area (Å²) in [5, 5.41) is 13.9. The van der Waals surface area contributed by atoms with Crippen LogP contribution < -0.4 is 20.9 Å². The third kappa shape index (κ3) is 3.99. The molecule has 3 aromatic rings. The van der Waals surface area contributed by atoms with Crippen LogP contribution in [0.2, 0.25) is 0 Å². The van der Waals surface area contributed by atoms with E-state index >= 15 is 0 Å². The number of methoxy groups -OCH3 is 2. The Balaban J connectivity index is 1.94. The van der Waals surface area contributed by atoms with E-state index in [1.165, 1.54) is 30.0 Å². The molecule has 13 heteroatoms. The number of ether oxygens (including phenoxy) is 2. The molecule has 0 radical (unpaired) electrons. The zero-order valence-electron chi connectivity index (χ0n) is 18.6. The molecule has 1 unspecified atom stereocenters. The van der Waals surface area contributed by atoms with Crippen molar-refractivity contribution in [2.75, 3.05) is 33.0 Å². The van der Waals surface area contributed by atoms with Crippen molar-refractivity contribution in [2.45, 2.75) is 12.5 Å². The summed E-state index contributed by atoms with van der Waals surface area (Å²) in [5.74, 6) is 1.51. The molecule has 35 heavy (non-hydrogen) atoms. The lowest BCUT2D eigenvalue weighted by atomic mass is 10.1. The lowest BCUT2D eigenvalue weighted by Gasteiger charge is -2.14. The van der Waals surface area contributed by atoms with E-state index in [1.54, 1.807) is 0 Å². The molecular formula is C22H20F2N6O5. The quantitative estimate of drug-likeness (QED) is 0.470. The Morgan fingerprint density at radius 1 is 1.20 bits per heavy atom. The van der Waals surface area contributed by atoms with Crippen LogP contribution >= 0.6 is 0 Å². The number of carbonyl (C=O) groups is 2. The molecule has 0 aliphatic carbocycles. The van der Waals surface area contributed by atoms with E-state index in [0.29, 0.717) is 6.42 Å². The van der Waals surface area contributed by atoms with Crippen LogP contribution in [-0.4, -0.2) is 64.1 Å². The number of nitrogens with two attached hydrogens (primary N) is 2. The Hall–Kier alpha value is -4.60. The van der Waals surface area contributed by atoms with Crippen LogP contribution in [0, 0.1) is 23.5 Å². The van der Waals surface area contributed by atoms with E-state index < -0.39 is 35.2 Å². The number of primary amides is 1. The monoisotopic (exact) mass is 486 g/mol. The van der Waals surface area contributed by atoms with Gasteiger partial charge >= 0.3 is 6.09 Å². The third-order valence-corrected chi connectivity index (χ3v) is 5.68. The number of rotatable bonds is 4. The minimum absolute atomic E-state index is 0.0102. The number of benzene rings is 1. The van der Waals surface area contributed by atoms with E-state index in [0.717, 1.165) is 6.07 Å². The molecule has 0 spiro atoms. The second kappa shape index (κ2) is 8.98. The van der Waals surface area contributed by atoms with E-state index in [-0.39, 0.29) is 52.6 Å². The molecule has 1 saturated heterocycles. The van der Waals surface area contributed by atoms with Crippen LogP contribution in [0.15, 0.2) is 12.3 Å². The van der Waals surface area contributed by atoms with Gasteiger partial charge in [0.2, 0.25) is 0 Å². The molecule has 1 fully saturated rings. The molecule has 2 aromatic heterocycles. The lowest BCUT2D eigenvalue weighted by Crippen LogP contribution is -2.27. The van der Waals surface area contributed by atoms with Crippen LogP contribution in [-0.2, 0) is 0 Å². The van der Waals surface area contributed by atoms with Crippen LogP contribution in [0.25, 0.3) is 10.9 Å². The van der Waals surface area contributed by atoms with E-state index in [1.807, 2.05) is 0 Å². The average molecular weight is 486 g/mol. The van der Waals surface area contributed by atoms with Gasteiger partial charge in [0.1, 0.15) is 17.1 Å². The van der Waals surface area contributed by atoms with Gasteiger partial charge in [-0.2, -0.15) is 5.10 Å². The fourth-order valence-corrected chi connectivity index (χ4v) is 3.96. The fourth-order valence-electron chi connectivity index (χ4n) is 3.96. The van der Waals surface area contributed by atoms with E-state index in [2.05, 4.69) is 21.9 Å². The van der Waals surface area contributed by atoms with Crippen molar-refractivity contribution in [2.24, 2.45) is 5.73 Å². The second-order valence-electron chi connectivity index (χ2n) is 7.64. The Kier molecular flexibility index (Phi) is 6.04. The number of fused-ring (bicyclic) bond motifs is 1. The number of anilines is 1. The number of halogens is 2. The highest BCUT2D eigenvalue weighted by atomic mass is 19.1. The maximum absolute atomic E-state index is 14.8. The number of nitrogens with zero attached hydrogens (tertiary/aromatic N) is 4. The third-order valence-electron chi connectivity index (χ3n) is 5.68. The van der Waals surface area contributed by atoms with Gasteiger partial charge in [0.05, 0.1) is 36.7 Å². The molecule has 1 aromatic carbocycles. The van der Waals surface area contributed by atoms with Crippen LogP contribution in [0.1, 0.15) is 34.1 Å². The summed E-state index contributed by atoms with van der Waals surface area (Å²) in [4.78, 5) is 28.7. The first-order valence-corrected chi connectivity index (χ1v) is 10.2. The van der Waals surface area contributed by atoms with Crippen molar-refractivity contribution in [3.05, 3.63) is 40.7 Å². The highest BCUT2D eigenvalue weighted by Gasteiger charge is 2.31. The maximum Gasteiger partial charge on any atom is 0.407 e. The molecule has 4 rings (SSSR count). The number of hydrogen-bond donors (Lipinski definition) is 3. The molecule has 2 amide bonds. The average Bonchev–Trinajstić information content (AvgIpc) is 3.45. The fraction of sp³-hybridized carbons (Fsp3) is 0.273. The van der Waals surface area contributed by atoms with E-state index in [4.69, 9.17) is 20.9 Å². The molecular weight excluding hydrogens is 466 g/mol. The summed E-state index contributed by atoms with van der Waals surface area (Å²) >= 11 is 0. The Morgan fingerprint density at radius 2 is 1.86 bits per heavy atom. The first-order chi connectivity index (χ1) is 16.7. The van der Waals surface area contributed by atoms with Crippen LogP contribution in [0.5, 0.6) is 11.5 Å². The SMILES string of the molecule is COc1cc(OC)c(F)c(C#Cc2nn(C3CCN(C(=O)O)C3)c3c(C(N)=O)cnc(N)c23)c1F. The zero-order chi connectivity index (χ0) is 25.4. The smallest absolute Gasteiger partial charge is 0.407 e. The van der Waals surface area contributed by atoms with Crippen molar-refractivity contribution in [1.29, 1.82) is 0 Å². The Labute approximate surface area is 197 Å². The number of carboxylic acid groups (broad SMARTS) is 1. The van der Waals surface area contributed by atoms with Gasteiger partial charge in [-0.1, -0.05) is 5.92 Å². The predicted molar refractivity (Wildman–Crippen MR) is 119 cm³/mol. The standard InChI is InChI=1S/C22H20F2N6O5/c1-34-14-7-15(35-2)18(24)11(17(14)23)3-4-13-16-19(12(21(26)31)8-27-20(16)25)30(28-13)10-5-6-29(9-10)22(32)33/h7-8,10H,5-6,9H2,1-2H3,(H2,25,27)(H2,26,31)(H,32,33). The zero-order valence-corrected chi connectivity index (χ0v) is 18.6. The number of carbonyl (C=O) groups excluding carboxylic acids is 1. The van der Waals surface area contributed by atoms with Gasteiger partial charge in [-0.3, -0.25) is 9.48 Å². The number of nitrogen functional groups attached to an aromatic ring is 1.